The molecule has 0 spiro atoms. The molecule has 2 aromatic rings. The van der Waals surface area contributed by atoms with Crippen LogP contribution in [-0.2, 0) is 10.0 Å². The molecule has 8 nitrogen and oxygen atoms in total. The van der Waals surface area contributed by atoms with E-state index in [9.17, 15) is 8.42 Å². The maximum atomic E-state index is 12.4. The second-order valence-electron chi connectivity index (χ2n) is 6.30. The number of aromatic nitrogens is 2. The smallest absolute Gasteiger partial charge is 0.242 e. The van der Waals surface area contributed by atoms with Crippen LogP contribution in [0.25, 0.3) is 0 Å². The van der Waals surface area contributed by atoms with E-state index in [0.29, 0.717) is 5.88 Å². The fraction of sp³-hybridized carbons (Fsp3) is 0.412. The minimum atomic E-state index is -3.79. The number of hydrogen-bond acceptors (Lipinski definition) is 7. The summed E-state index contributed by atoms with van der Waals surface area (Å²) in [4.78, 5) is 12.7. The Morgan fingerprint density at radius 2 is 1.93 bits per heavy atom. The number of hydrogen-bond donors (Lipinski definition) is 1. The molecule has 1 aromatic heterocycles. The third-order valence-corrected chi connectivity index (χ3v) is 6.74. The van der Waals surface area contributed by atoms with Gasteiger partial charge in [0.1, 0.15) is 23.6 Å². The SMILES string of the molecule is CN1CCN(c2cc(OCCNS(=O)(=O)c3cccc(Cl)c3Cl)ncn2)CC1. The van der Waals surface area contributed by atoms with Crippen LogP contribution in [0.1, 0.15) is 0 Å². The number of likely N-dealkylation sites (N-methyl/N-ethyl adjacent to an activating group) is 1. The molecule has 0 aliphatic carbocycles. The van der Waals surface area contributed by atoms with E-state index in [4.69, 9.17) is 27.9 Å². The van der Waals surface area contributed by atoms with Gasteiger partial charge in [-0.3, -0.25) is 0 Å². The Labute approximate surface area is 174 Å². The first-order chi connectivity index (χ1) is 13.4. The largest absolute Gasteiger partial charge is 0.476 e. The monoisotopic (exact) mass is 445 g/mol. The maximum Gasteiger partial charge on any atom is 0.242 e. The number of piperazine rings is 1. The van der Waals surface area contributed by atoms with Crippen molar-refractivity contribution in [2.45, 2.75) is 4.90 Å². The summed E-state index contributed by atoms with van der Waals surface area (Å²) < 4.78 is 32.7. The minimum Gasteiger partial charge on any atom is -0.476 e. The number of nitrogens with one attached hydrogen (secondary N) is 1. The van der Waals surface area contributed by atoms with Crippen LogP contribution in [0.3, 0.4) is 0 Å². The lowest BCUT2D eigenvalue weighted by Gasteiger charge is -2.33. The Kier molecular flexibility index (Phi) is 6.95. The molecule has 1 aromatic carbocycles. The van der Waals surface area contributed by atoms with Crippen molar-refractivity contribution in [1.82, 2.24) is 19.6 Å². The number of halogens is 2. The quantitative estimate of drug-likeness (QED) is 0.650. The summed E-state index contributed by atoms with van der Waals surface area (Å²) in [7, 11) is -1.70. The number of rotatable bonds is 7. The molecule has 0 atom stereocenters. The van der Waals surface area contributed by atoms with Crippen molar-refractivity contribution < 1.29 is 13.2 Å². The van der Waals surface area contributed by atoms with Crippen molar-refractivity contribution in [2.75, 3.05) is 51.3 Å². The fourth-order valence-corrected chi connectivity index (χ4v) is 4.49. The average Bonchev–Trinajstić information content (AvgIpc) is 2.68. The van der Waals surface area contributed by atoms with E-state index in [2.05, 4.69) is 31.5 Å². The van der Waals surface area contributed by atoms with E-state index in [1.54, 1.807) is 6.07 Å². The lowest BCUT2D eigenvalue weighted by atomic mass is 10.3. The van der Waals surface area contributed by atoms with Crippen LogP contribution in [0.15, 0.2) is 35.5 Å². The number of nitrogens with zero attached hydrogens (tertiary/aromatic N) is 4. The molecule has 152 valence electrons. The van der Waals surface area contributed by atoms with Gasteiger partial charge in [0.05, 0.1) is 10.0 Å². The van der Waals surface area contributed by atoms with Crippen molar-refractivity contribution in [3.05, 3.63) is 40.6 Å². The number of sulfonamides is 1. The second-order valence-corrected chi connectivity index (χ2v) is 8.82. The van der Waals surface area contributed by atoms with Crippen molar-refractivity contribution in [3.63, 3.8) is 0 Å². The fourth-order valence-electron chi connectivity index (χ4n) is 2.72. The average molecular weight is 446 g/mol. The third-order valence-electron chi connectivity index (χ3n) is 4.30. The molecule has 1 saturated heterocycles. The summed E-state index contributed by atoms with van der Waals surface area (Å²) in [5.41, 5.74) is 0. The number of benzene rings is 1. The second kappa shape index (κ2) is 9.23. The molecule has 1 aliphatic rings. The molecule has 0 saturated carbocycles. The van der Waals surface area contributed by atoms with Gasteiger partial charge in [0, 0.05) is 38.8 Å². The summed E-state index contributed by atoms with van der Waals surface area (Å²) in [5.74, 6) is 1.19. The molecule has 0 unspecified atom stereocenters. The Morgan fingerprint density at radius 3 is 2.68 bits per heavy atom. The maximum absolute atomic E-state index is 12.4. The van der Waals surface area contributed by atoms with E-state index >= 15 is 0 Å². The predicted octanol–water partition coefficient (Wildman–Crippen LogP) is 1.89. The highest BCUT2D eigenvalue weighted by Gasteiger charge is 2.19. The van der Waals surface area contributed by atoms with Crippen LogP contribution in [-0.4, -0.2) is 69.7 Å². The molecule has 0 bridgehead atoms. The Balaban J connectivity index is 1.54. The molecule has 11 heteroatoms. The van der Waals surface area contributed by atoms with Gasteiger partial charge in [0.25, 0.3) is 0 Å². The summed E-state index contributed by atoms with van der Waals surface area (Å²) in [6.07, 6.45) is 1.44. The van der Waals surface area contributed by atoms with E-state index in [1.807, 2.05) is 0 Å². The van der Waals surface area contributed by atoms with Crippen LogP contribution < -0.4 is 14.4 Å². The predicted molar refractivity (Wildman–Crippen MR) is 109 cm³/mol. The Hall–Kier alpha value is -1.65. The molecule has 0 amide bonds. The highest BCUT2D eigenvalue weighted by Crippen LogP contribution is 2.28. The van der Waals surface area contributed by atoms with Gasteiger partial charge in [-0.15, -0.1) is 0 Å². The number of anilines is 1. The van der Waals surface area contributed by atoms with E-state index in [0.717, 1.165) is 32.0 Å². The van der Waals surface area contributed by atoms with Gasteiger partial charge in [-0.25, -0.2) is 23.1 Å². The van der Waals surface area contributed by atoms with E-state index in [-0.39, 0.29) is 28.1 Å². The zero-order chi connectivity index (χ0) is 20.1. The molecule has 1 fully saturated rings. The van der Waals surface area contributed by atoms with Crippen LogP contribution in [0, 0.1) is 0 Å². The van der Waals surface area contributed by atoms with Gasteiger partial charge >= 0.3 is 0 Å². The van der Waals surface area contributed by atoms with Crippen LogP contribution in [0.5, 0.6) is 5.88 Å². The van der Waals surface area contributed by atoms with Gasteiger partial charge in [0.2, 0.25) is 15.9 Å². The third kappa shape index (κ3) is 5.24. The minimum absolute atomic E-state index is 0.00907. The highest BCUT2D eigenvalue weighted by atomic mass is 35.5. The standard InChI is InChI=1S/C17H21Cl2N5O3S/c1-23-6-8-24(9-7-23)15-11-16(21-12-20-15)27-10-5-22-28(25,26)14-4-2-3-13(18)17(14)19/h2-4,11-12,22H,5-10H2,1H3. The molecule has 28 heavy (non-hydrogen) atoms. The van der Waals surface area contributed by atoms with Gasteiger partial charge in [-0.2, -0.15) is 0 Å². The van der Waals surface area contributed by atoms with Crippen molar-refractivity contribution in [2.24, 2.45) is 0 Å². The van der Waals surface area contributed by atoms with Gasteiger partial charge < -0.3 is 14.5 Å². The molecular weight excluding hydrogens is 425 g/mol. The number of ether oxygens (including phenoxy) is 1. The van der Waals surface area contributed by atoms with Gasteiger partial charge in [-0.05, 0) is 19.2 Å². The topological polar surface area (TPSA) is 87.7 Å². The summed E-state index contributed by atoms with van der Waals surface area (Å²) in [6.45, 7) is 3.86. The molecule has 1 aliphatic heterocycles. The van der Waals surface area contributed by atoms with Crippen molar-refractivity contribution >= 4 is 39.0 Å². The highest BCUT2D eigenvalue weighted by molar-refractivity contribution is 7.89. The van der Waals surface area contributed by atoms with Gasteiger partial charge in [-0.1, -0.05) is 29.3 Å². The summed E-state index contributed by atoms with van der Waals surface area (Å²) >= 11 is 11.9. The summed E-state index contributed by atoms with van der Waals surface area (Å²) in [5, 5.41) is 0.170. The van der Waals surface area contributed by atoms with Crippen molar-refractivity contribution in [1.29, 1.82) is 0 Å². The zero-order valence-corrected chi connectivity index (χ0v) is 17.6. The Morgan fingerprint density at radius 1 is 1.18 bits per heavy atom. The molecule has 2 heterocycles. The lowest BCUT2D eigenvalue weighted by Crippen LogP contribution is -2.44. The molecule has 0 radical (unpaired) electrons. The first-order valence-electron chi connectivity index (χ1n) is 8.69. The van der Waals surface area contributed by atoms with E-state index < -0.39 is 10.0 Å². The van der Waals surface area contributed by atoms with Crippen molar-refractivity contribution in [3.8, 4) is 5.88 Å². The van der Waals surface area contributed by atoms with Gasteiger partial charge in [0.15, 0.2) is 0 Å². The summed E-state index contributed by atoms with van der Waals surface area (Å²) in [6, 6.07) is 6.21. The normalized spacial score (nSPS) is 15.6. The molecule has 3 rings (SSSR count). The lowest BCUT2D eigenvalue weighted by molar-refractivity contribution is 0.305. The van der Waals surface area contributed by atoms with Crippen LogP contribution >= 0.6 is 23.2 Å². The van der Waals surface area contributed by atoms with Crippen LogP contribution in [0.4, 0.5) is 5.82 Å². The first-order valence-corrected chi connectivity index (χ1v) is 10.9. The zero-order valence-electron chi connectivity index (χ0n) is 15.3. The Bertz CT molecular complexity index is 921. The van der Waals surface area contributed by atoms with Crippen LogP contribution in [0.2, 0.25) is 10.0 Å². The molecular formula is C17H21Cl2N5O3S. The first kappa shape index (κ1) is 21.1. The molecule has 1 N–H and O–H groups in total. The van der Waals surface area contributed by atoms with E-state index in [1.165, 1.54) is 24.5 Å².